The third-order valence-electron chi connectivity index (χ3n) is 3.07. The van der Waals surface area contributed by atoms with Gasteiger partial charge in [0.2, 0.25) is 5.91 Å². The van der Waals surface area contributed by atoms with Gasteiger partial charge >= 0.3 is 0 Å². The minimum absolute atomic E-state index is 0.131. The lowest BCUT2D eigenvalue weighted by Crippen LogP contribution is -2.46. The standard InChI is InChI=1S/C14H17ClN2O3/c15-10-5-1-2-7-12(10)20-9-13(18)17-11-6-3-4-8-16-14(11)19/h1-2,5,7,11H,3-4,6,8-9H2,(H,16,19)(H,17,18)/t11-/m1/s1. The Kier molecular flexibility index (Phi) is 5.24. The van der Waals surface area contributed by atoms with Gasteiger partial charge in [-0.15, -0.1) is 0 Å². The summed E-state index contributed by atoms with van der Waals surface area (Å²) in [7, 11) is 0. The van der Waals surface area contributed by atoms with E-state index in [1.807, 2.05) is 0 Å². The van der Waals surface area contributed by atoms with Crippen LogP contribution in [-0.4, -0.2) is 31.0 Å². The van der Waals surface area contributed by atoms with Crippen LogP contribution in [0.3, 0.4) is 0 Å². The topological polar surface area (TPSA) is 67.4 Å². The SMILES string of the molecule is O=C(COc1ccccc1Cl)N[C@@H]1CCCCNC1=O. The highest BCUT2D eigenvalue weighted by Crippen LogP contribution is 2.22. The highest BCUT2D eigenvalue weighted by atomic mass is 35.5. The van der Waals surface area contributed by atoms with E-state index >= 15 is 0 Å². The van der Waals surface area contributed by atoms with Crippen molar-refractivity contribution in [3.8, 4) is 5.75 Å². The maximum Gasteiger partial charge on any atom is 0.258 e. The Hall–Kier alpha value is -1.75. The fraction of sp³-hybridized carbons (Fsp3) is 0.429. The van der Waals surface area contributed by atoms with E-state index in [-0.39, 0.29) is 18.4 Å². The number of para-hydroxylation sites is 1. The van der Waals surface area contributed by atoms with Crippen LogP contribution in [0, 0.1) is 0 Å². The van der Waals surface area contributed by atoms with Crippen LogP contribution < -0.4 is 15.4 Å². The number of halogens is 1. The molecule has 20 heavy (non-hydrogen) atoms. The van der Waals surface area contributed by atoms with Gasteiger partial charge in [-0.05, 0) is 31.4 Å². The number of carbonyl (C=O) groups is 2. The molecule has 108 valence electrons. The van der Waals surface area contributed by atoms with E-state index in [1.165, 1.54) is 0 Å². The molecule has 1 aliphatic rings. The van der Waals surface area contributed by atoms with E-state index in [0.29, 0.717) is 23.7 Å². The molecule has 1 aliphatic heterocycles. The van der Waals surface area contributed by atoms with Crippen molar-refractivity contribution in [2.24, 2.45) is 0 Å². The number of amides is 2. The lowest BCUT2D eigenvalue weighted by atomic mass is 10.1. The summed E-state index contributed by atoms with van der Waals surface area (Å²) in [6.07, 6.45) is 2.51. The second kappa shape index (κ2) is 7.14. The predicted molar refractivity (Wildman–Crippen MR) is 75.7 cm³/mol. The van der Waals surface area contributed by atoms with Crippen LogP contribution in [0.4, 0.5) is 0 Å². The molecular weight excluding hydrogens is 280 g/mol. The first-order valence-electron chi connectivity index (χ1n) is 6.61. The summed E-state index contributed by atoms with van der Waals surface area (Å²) in [6.45, 7) is 0.509. The van der Waals surface area contributed by atoms with Crippen molar-refractivity contribution < 1.29 is 14.3 Å². The smallest absolute Gasteiger partial charge is 0.258 e. The van der Waals surface area contributed by atoms with E-state index in [0.717, 1.165) is 12.8 Å². The molecule has 0 saturated carbocycles. The summed E-state index contributed by atoms with van der Waals surface area (Å²) in [6, 6.07) is 6.46. The zero-order chi connectivity index (χ0) is 14.4. The minimum Gasteiger partial charge on any atom is -0.482 e. The van der Waals surface area contributed by atoms with E-state index < -0.39 is 6.04 Å². The second-order valence-corrected chi connectivity index (χ2v) is 5.03. The lowest BCUT2D eigenvalue weighted by Gasteiger charge is -2.15. The molecule has 0 radical (unpaired) electrons. The molecule has 0 aliphatic carbocycles. The van der Waals surface area contributed by atoms with Gasteiger partial charge in [-0.25, -0.2) is 0 Å². The Labute approximate surface area is 122 Å². The van der Waals surface area contributed by atoms with Crippen molar-refractivity contribution in [3.63, 3.8) is 0 Å². The number of ether oxygens (including phenoxy) is 1. The summed E-state index contributed by atoms with van der Waals surface area (Å²) in [5, 5.41) is 5.90. The quantitative estimate of drug-likeness (QED) is 0.885. The largest absolute Gasteiger partial charge is 0.482 e. The van der Waals surface area contributed by atoms with Gasteiger partial charge in [0.1, 0.15) is 11.8 Å². The van der Waals surface area contributed by atoms with Gasteiger partial charge in [-0.2, -0.15) is 0 Å². The zero-order valence-electron chi connectivity index (χ0n) is 11.0. The summed E-state index contributed by atoms with van der Waals surface area (Å²) < 4.78 is 5.33. The predicted octanol–water partition coefficient (Wildman–Crippen LogP) is 1.50. The van der Waals surface area contributed by atoms with Crippen LogP contribution in [0.15, 0.2) is 24.3 Å². The fourth-order valence-corrected chi connectivity index (χ4v) is 2.21. The Balaban J connectivity index is 1.83. The Morgan fingerprint density at radius 1 is 1.40 bits per heavy atom. The van der Waals surface area contributed by atoms with Crippen molar-refractivity contribution >= 4 is 23.4 Å². The van der Waals surface area contributed by atoms with Crippen molar-refractivity contribution in [3.05, 3.63) is 29.3 Å². The van der Waals surface area contributed by atoms with Crippen molar-refractivity contribution in [2.75, 3.05) is 13.2 Å². The van der Waals surface area contributed by atoms with Crippen molar-refractivity contribution in [1.82, 2.24) is 10.6 Å². The maximum absolute atomic E-state index is 11.8. The molecule has 5 nitrogen and oxygen atoms in total. The molecule has 0 spiro atoms. The van der Waals surface area contributed by atoms with Crippen LogP contribution in [0.25, 0.3) is 0 Å². The zero-order valence-corrected chi connectivity index (χ0v) is 11.8. The number of hydrogen-bond acceptors (Lipinski definition) is 3. The average molecular weight is 297 g/mol. The van der Waals surface area contributed by atoms with Gasteiger partial charge in [0, 0.05) is 6.54 Å². The molecule has 0 bridgehead atoms. The normalized spacial score (nSPS) is 18.9. The van der Waals surface area contributed by atoms with Crippen LogP contribution in [0.1, 0.15) is 19.3 Å². The molecule has 1 atom stereocenters. The number of benzene rings is 1. The fourth-order valence-electron chi connectivity index (χ4n) is 2.02. The van der Waals surface area contributed by atoms with Gasteiger partial charge in [-0.3, -0.25) is 9.59 Å². The van der Waals surface area contributed by atoms with Crippen LogP contribution in [0.5, 0.6) is 5.75 Å². The molecule has 0 aromatic heterocycles. The van der Waals surface area contributed by atoms with E-state index in [4.69, 9.17) is 16.3 Å². The van der Waals surface area contributed by atoms with Gasteiger partial charge in [0.05, 0.1) is 5.02 Å². The summed E-state index contributed by atoms with van der Waals surface area (Å²) in [4.78, 5) is 23.5. The highest BCUT2D eigenvalue weighted by Gasteiger charge is 2.22. The first-order chi connectivity index (χ1) is 9.66. The Morgan fingerprint density at radius 2 is 2.20 bits per heavy atom. The number of nitrogens with one attached hydrogen (secondary N) is 2. The molecule has 1 aromatic rings. The monoisotopic (exact) mass is 296 g/mol. The number of hydrogen-bond donors (Lipinski definition) is 2. The number of rotatable bonds is 4. The van der Waals surface area contributed by atoms with Gasteiger partial charge in [-0.1, -0.05) is 23.7 Å². The van der Waals surface area contributed by atoms with Gasteiger partial charge in [0.15, 0.2) is 6.61 Å². The van der Waals surface area contributed by atoms with E-state index in [9.17, 15) is 9.59 Å². The van der Waals surface area contributed by atoms with Crippen molar-refractivity contribution in [2.45, 2.75) is 25.3 Å². The molecular formula is C14H17ClN2O3. The number of carbonyl (C=O) groups excluding carboxylic acids is 2. The van der Waals surface area contributed by atoms with Crippen molar-refractivity contribution in [1.29, 1.82) is 0 Å². The molecule has 1 aromatic carbocycles. The third-order valence-corrected chi connectivity index (χ3v) is 3.38. The van der Waals surface area contributed by atoms with E-state index in [1.54, 1.807) is 24.3 Å². The molecule has 1 heterocycles. The summed E-state index contributed by atoms with van der Waals surface area (Å²) in [5.41, 5.74) is 0. The van der Waals surface area contributed by atoms with Crippen LogP contribution in [0.2, 0.25) is 5.02 Å². The second-order valence-electron chi connectivity index (χ2n) is 4.63. The highest BCUT2D eigenvalue weighted by molar-refractivity contribution is 6.32. The van der Waals surface area contributed by atoms with Crippen LogP contribution >= 0.6 is 11.6 Å². The summed E-state index contributed by atoms with van der Waals surface area (Å²) in [5.74, 6) is -0.00445. The van der Waals surface area contributed by atoms with Gasteiger partial charge in [0.25, 0.3) is 5.91 Å². The Morgan fingerprint density at radius 3 is 3.00 bits per heavy atom. The maximum atomic E-state index is 11.8. The summed E-state index contributed by atoms with van der Waals surface area (Å²) >= 11 is 5.92. The third kappa shape index (κ3) is 4.13. The molecule has 1 fully saturated rings. The first kappa shape index (κ1) is 14.7. The molecule has 6 heteroatoms. The average Bonchev–Trinajstić information content (AvgIpc) is 2.63. The molecule has 2 N–H and O–H groups in total. The molecule has 2 rings (SSSR count). The molecule has 0 unspecified atom stereocenters. The molecule has 1 saturated heterocycles. The first-order valence-corrected chi connectivity index (χ1v) is 6.99. The minimum atomic E-state index is -0.472. The Bertz CT molecular complexity index is 493. The van der Waals surface area contributed by atoms with E-state index in [2.05, 4.69) is 10.6 Å². The lowest BCUT2D eigenvalue weighted by molar-refractivity contribution is -0.129. The van der Waals surface area contributed by atoms with Gasteiger partial charge < -0.3 is 15.4 Å². The van der Waals surface area contributed by atoms with Crippen LogP contribution in [-0.2, 0) is 9.59 Å². The molecule has 2 amide bonds.